The molecule has 8 heteroatoms. The molecule has 2 aliphatic rings. The zero-order chi connectivity index (χ0) is 19.2. The maximum absolute atomic E-state index is 13.0. The molecule has 1 spiro atoms. The fourth-order valence-electron chi connectivity index (χ4n) is 4.08. The maximum Gasteiger partial charge on any atom is 0.409 e. The molecule has 27 heavy (non-hydrogen) atoms. The first-order chi connectivity index (χ1) is 12.9. The Morgan fingerprint density at radius 3 is 2.89 bits per heavy atom. The number of likely N-dealkylation sites (tertiary alicyclic amines) is 1. The van der Waals surface area contributed by atoms with Gasteiger partial charge in [-0.25, -0.2) is 9.78 Å². The van der Waals surface area contributed by atoms with Crippen molar-refractivity contribution in [2.24, 2.45) is 0 Å². The number of fused-ring (bicyclic) bond motifs is 2. The molecule has 6 nitrogen and oxygen atoms in total. The Morgan fingerprint density at radius 2 is 2.19 bits per heavy atom. The number of thiazole rings is 1. The number of aryl methyl sites for hydroxylation is 1. The first-order valence-corrected chi connectivity index (χ1v) is 9.96. The summed E-state index contributed by atoms with van der Waals surface area (Å²) in [6.07, 6.45) is 2.50. The average Bonchev–Trinajstić information content (AvgIpc) is 3.34. The molecule has 1 unspecified atom stereocenters. The van der Waals surface area contributed by atoms with E-state index in [1.807, 2.05) is 24.0 Å². The summed E-state index contributed by atoms with van der Waals surface area (Å²) >= 11 is 7.79. The fourth-order valence-corrected chi connectivity index (χ4v) is 5.03. The molecule has 0 N–H and O–H groups in total. The number of nitrogens with zero attached hydrogens (tertiary/aromatic N) is 3. The van der Waals surface area contributed by atoms with Crippen molar-refractivity contribution in [3.05, 3.63) is 44.9 Å². The van der Waals surface area contributed by atoms with Crippen LogP contribution in [0.2, 0.25) is 5.02 Å². The molecule has 1 saturated heterocycles. The highest BCUT2D eigenvalue weighted by Crippen LogP contribution is 2.47. The van der Waals surface area contributed by atoms with Gasteiger partial charge in [-0.2, -0.15) is 0 Å². The minimum Gasteiger partial charge on any atom is -0.453 e. The third-order valence-electron chi connectivity index (χ3n) is 5.34. The number of halogens is 1. The van der Waals surface area contributed by atoms with Gasteiger partial charge in [-0.1, -0.05) is 11.6 Å². The topological polar surface area (TPSA) is 62.7 Å². The summed E-state index contributed by atoms with van der Waals surface area (Å²) in [6.45, 7) is 3.65. The summed E-state index contributed by atoms with van der Waals surface area (Å²) in [5.41, 5.74) is 1.61. The van der Waals surface area contributed by atoms with E-state index in [0.717, 1.165) is 27.6 Å². The normalized spacial score (nSPS) is 21.0. The fraction of sp³-hybridized carbons (Fsp3) is 0.421. The molecular weight excluding hydrogens is 386 g/mol. The van der Waals surface area contributed by atoms with E-state index >= 15 is 0 Å². The smallest absolute Gasteiger partial charge is 0.409 e. The number of aromatic nitrogens is 1. The Hall–Kier alpha value is -2.12. The van der Waals surface area contributed by atoms with Crippen molar-refractivity contribution in [1.82, 2.24) is 9.88 Å². The van der Waals surface area contributed by atoms with Gasteiger partial charge < -0.3 is 14.5 Å². The number of rotatable bonds is 2. The quantitative estimate of drug-likeness (QED) is 0.768. The Balaban J connectivity index is 1.64. The van der Waals surface area contributed by atoms with Crippen molar-refractivity contribution in [3.63, 3.8) is 0 Å². The van der Waals surface area contributed by atoms with Crippen molar-refractivity contribution >= 4 is 40.6 Å². The summed E-state index contributed by atoms with van der Waals surface area (Å²) in [6, 6.07) is 5.64. The van der Waals surface area contributed by atoms with Crippen LogP contribution >= 0.6 is 22.9 Å². The Bertz CT molecular complexity index is 915. The zero-order valence-corrected chi connectivity index (χ0v) is 16.8. The monoisotopic (exact) mass is 405 g/mol. The van der Waals surface area contributed by atoms with E-state index in [-0.39, 0.29) is 23.8 Å². The van der Waals surface area contributed by atoms with Crippen molar-refractivity contribution in [2.75, 3.05) is 31.6 Å². The van der Waals surface area contributed by atoms with Crippen LogP contribution in [0.1, 0.15) is 21.9 Å². The molecule has 1 aromatic carbocycles. The van der Waals surface area contributed by atoms with E-state index < -0.39 is 0 Å². The lowest BCUT2D eigenvalue weighted by Gasteiger charge is -2.25. The van der Waals surface area contributed by atoms with Crippen molar-refractivity contribution in [2.45, 2.75) is 25.2 Å². The van der Waals surface area contributed by atoms with Gasteiger partial charge in [-0.05, 0) is 37.1 Å². The largest absolute Gasteiger partial charge is 0.453 e. The molecule has 0 aliphatic carbocycles. The number of hydrogen-bond acceptors (Lipinski definition) is 5. The van der Waals surface area contributed by atoms with E-state index in [1.165, 1.54) is 7.11 Å². The molecule has 3 heterocycles. The second-order valence-corrected chi connectivity index (χ2v) is 8.86. The number of amides is 2. The summed E-state index contributed by atoms with van der Waals surface area (Å²) in [5.74, 6) is 0.0151. The molecule has 2 aliphatic heterocycles. The molecule has 2 aromatic rings. The van der Waals surface area contributed by atoms with Crippen LogP contribution in [-0.2, 0) is 21.4 Å². The van der Waals surface area contributed by atoms with Crippen LogP contribution < -0.4 is 4.90 Å². The number of anilines is 1. The standard InChI is InChI=1S/C19H20ClN3O3S/c1-12-9-21-16(27-12)8-17(24)23-11-19(5-6-22(10-19)18(25)26-2)14-7-13(20)3-4-15(14)23/h3-4,7,9H,5-6,8,10-11H2,1-2H3. The maximum atomic E-state index is 13.0. The molecule has 1 aromatic heterocycles. The summed E-state index contributed by atoms with van der Waals surface area (Å²) < 4.78 is 4.88. The molecule has 1 fully saturated rings. The van der Waals surface area contributed by atoms with E-state index in [0.29, 0.717) is 24.7 Å². The second kappa shape index (κ2) is 6.80. The highest BCUT2D eigenvalue weighted by atomic mass is 35.5. The Morgan fingerprint density at radius 1 is 1.37 bits per heavy atom. The Kier molecular flexibility index (Phi) is 4.60. The zero-order valence-electron chi connectivity index (χ0n) is 15.2. The van der Waals surface area contributed by atoms with Gasteiger partial charge in [0.15, 0.2) is 0 Å². The van der Waals surface area contributed by atoms with Crippen molar-refractivity contribution in [1.29, 1.82) is 0 Å². The van der Waals surface area contributed by atoms with Crippen molar-refractivity contribution < 1.29 is 14.3 Å². The third-order valence-corrected chi connectivity index (χ3v) is 6.49. The van der Waals surface area contributed by atoms with Gasteiger partial charge in [0.2, 0.25) is 5.91 Å². The van der Waals surface area contributed by atoms with Gasteiger partial charge in [-0.15, -0.1) is 11.3 Å². The molecule has 0 radical (unpaired) electrons. The minimum absolute atomic E-state index is 0.0151. The molecule has 0 saturated carbocycles. The average molecular weight is 406 g/mol. The van der Waals surface area contributed by atoms with Crippen LogP contribution in [0.15, 0.2) is 24.4 Å². The van der Waals surface area contributed by atoms with Gasteiger partial charge in [0.25, 0.3) is 0 Å². The van der Waals surface area contributed by atoms with Crippen LogP contribution in [0.5, 0.6) is 0 Å². The summed E-state index contributed by atoms with van der Waals surface area (Å²) in [4.78, 5) is 33.9. The minimum atomic E-state index is -0.335. The number of hydrogen-bond donors (Lipinski definition) is 0. The highest BCUT2D eigenvalue weighted by Gasteiger charge is 2.50. The first kappa shape index (κ1) is 18.3. The number of ether oxygens (including phenoxy) is 1. The van der Waals surface area contributed by atoms with Crippen LogP contribution in [-0.4, -0.2) is 48.6 Å². The predicted octanol–water partition coefficient (Wildman–Crippen LogP) is 3.40. The molecular formula is C19H20ClN3O3S. The lowest BCUT2D eigenvalue weighted by Crippen LogP contribution is -2.40. The van der Waals surface area contributed by atoms with Crippen LogP contribution in [0.3, 0.4) is 0 Å². The van der Waals surface area contributed by atoms with Gasteiger partial charge in [0.1, 0.15) is 5.01 Å². The van der Waals surface area contributed by atoms with E-state index in [2.05, 4.69) is 4.98 Å². The van der Waals surface area contributed by atoms with Gasteiger partial charge in [-0.3, -0.25) is 4.79 Å². The lowest BCUT2D eigenvalue weighted by molar-refractivity contribution is -0.118. The second-order valence-electron chi connectivity index (χ2n) is 7.10. The number of benzene rings is 1. The SMILES string of the molecule is COC(=O)N1CCC2(C1)CN(C(=O)Cc1ncc(C)s1)c1ccc(Cl)cc12. The first-order valence-electron chi connectivity index (χ1n) is 8.76. The molecule has 1 atom stereocenters. The third kappa shape index (κ3) is 3.19. The number of carbonyl (C=O) groups is 2. The number of methoxy groups -OCH3 is 1. The van der Waals surface area contributed by atoms with Crippen LogP contribution in [0.25, 0.3) is 0 Å². The highest BCUT2D eigenvalue weighted by molar-refractivity contribution is 7.11. The molecule has 4 rings (SSSR count). The molecule has 0 bridgehead atoms. The van der Waals surface area contributed by atoms with Gasteiger partial charge in [0.05, 0.1) is 13.5 Å². The van der Waals surface area contributed by atoms with Gasteiger partial charge >= 0.3 is 6.09 Å². The summed E-state index contributed by atoms with van der Waals surface area (Å²) in [5, 5.41) is 1.45. The predicted molar refractivity (Wildman–Crippen MR) is 105 cm³/mol. The van der Waals surface area contributed by atoms with E-state index in [9.17, 15) is 9.59 Å². The van der Waals surface area contributed by atoms with Crippen LogP contribution in [0.4, 0.5) is 10.5 Å². The van der Waals surface area contributed by atoms with Gasteiger partial charge in [0, 0.05) is 46.8 Å². The number of carbonyl (C=O) groups excluding carboxylic acids is 2. The van der Waals surface area contributed by atoms with Crippen LogP contribution in [0, 0.1) is 6.92 Å². The molecule has 2 amide bonds. The van der Waals surface area contributed by atoms with E-state index in [1.54, 1.807) is 28.5 Å². The molecule has 142 valence electrons. The van der Waals surface area contributed by atoms with E-state index in [4.69, 9.17) is 16.3 Å². The van der Waals surface area contributed by atoms with Crippen molar-refractivity contribution in [3.8, 4) is 0 Å². The Labute approximate surface area is 166 Å². The lowest BCUT2D eigenvalue weighted by atomic mass is 9.81. The summed E-state index contributed by atoms with van der Waals surface area (Å²) in [7, 11) is 1.39.